The molecule has 2 nitrogen and oxygen atoms in total. The molecule has 2 heterocycles. The molecular weight excluding hydrogens is 242 g/mol. The van der Waals surface area contributed by atoms with Crippen molar-refractivity contribution in [3.63, 3.8) is 0 Å². The highest BCUT2D eigenvalue weighted by Gasteiger charge is 2.45. The second kappa shape index (κ2) is 4.48. The molecule has 1 aliphatic carbocycles. The molecule has 2 aliphatic rings. The fourth-order valence-corrected chi connectivity index (χ4v) is 3.71. The van der Waals surface area contributed by atoms with Gasteiger partial charge < -0.3 is 0 Å². The lowest BCUT2D eigenvalue weighted by atomic mass is 9.90. The topological polar surface area (TPSA) is 12.5 Å². The van der Waals surface area contributed by atoms with Crippen LogP contribution >= 0.6 is 11.3 Å². The Morgan fingerprint density at radius 3 is 2.89 bits per heavy atom. The van der Waals surface area contributed by atoms with Crippen LogP contribution in [-0.2, 0) is 4.84 Å². The van der Waals surface area contributed by atoms with E-state index in [4.69, 9.17) is 4.84 Å². The first-order valence-electron chi connectivity index (χ1n) is 6.77. The molecule has 0 spiro atoms. The zero-order valence-corrected chi connectivity index (χ0v) is 12.2. The molecule has 0 bridgehead atoms. The third-order valence-corrected chi connectivity index (χ3v) is 4.61. The first-order chi connectivity index (χ1) is 8.57. The van der Waals surface area contributed by atoms with Gasteiger partial charge in [0.25, 0.3) is 0 Å². The van der Waals surface area contributed by atoms with E-state index < -0.39 is 0 Å². The SMILES string of the molecule is CC(C)(C)N1O[C@H]2CCCC=C2[C@@H]1c1cccs1. The summed E-state index contributed by atoms with van der Waals surface area (Å²) in [6.45, 7) is 6.68. The molecule has 0 unspecified atom stereocenters. The lowest BCUT2D eigenvalue weighted by Crippen LogP contribution is -2.40. The van der Waals surface area contributed by atoms with Gasteiger partial charge in [-0.3, -0.25) is 4.84 Å². The average molecular weight is 263 g/mol. The summed E-state index contributed by atoms with van der Waals surface area (Å²) < 4.78 is 0. The molecule has 98 valence electrons. The lowest BCUT2D eigenvalue weighted by Gasteiger charge is -2.34. The van der Waals surface area contributed by atoms with Crippen LogP contribution in [0.2, 0.25) is 0 Å². The van der Waals surface area contributed by atoms with E-state index in [0.29, 0.717) is 12.1 Å². The number of hydroxylamine groups is 2. The van der Waals surface area contributed by atoms with Crippen molar-refractivity contribution in [2.24, 2.45) is 0 Å². The third-order valence-electron chi connectivity index (χ3n) is 3.69. The van der Waals surface area contributed by atoms with Crippen LogP contribution in [0.25, 0.3) is 0 Å². The highest BCUT2D eigenvalue weighted by Crippen LogP contribution is 2.47. The molecule has 0 saturated carbocycles. The number of rotatable bonds is 1. The van der Waals surface area contributed by atoms with Crippen LogP contribution in [0.15, 0.2) is 29.2 Å². The first-order valence-corrected chi connectivity index (χ1v) is 7.65. The summed E-state index contributed by atoms with van der Waals surface area (Å²) in [4.78, 5) is 7.64. The molecule has 2 atom stereocenters. The third kappa shape index (κ3) is 2.04. The van der Waals surface area contributed by atoms with Crippen LogP contribution < -0.4 is 0 Å². The smallest absolute Gasteiger partial charge is 0.102 e. The van der Waals surface area contributed by atoms with E-state index in [1.54, 1.807) is 0 Å². The van der Waals surface area contributed by atoms with E-state index in [1.807, 2.05) is 11.3 Å². The van der Waals surface area contributed by atoms with Gasteiger partial charge in [0.05, 0.1) is 6.04 Å². The minimum atomic E-state index is 0.0346. The van der Waals surface area contributed by atoms with Gasteiger partial charge in [0.1, 0.15) is 6.10 Å². The van der Waals surface area contributed by atoms with Crippen molar-refractivity contribution in [3.05, 3.63) is 34.0 Å². The minimum Gasteiger partial charge on any atom is -0.290 e. The highest BCUT2D eigenvalue weighted by molar-refractivity contribution is 7.10. The van der Waals surface area contributed by atoms with E-state index in [1.165, 1.54) is 29.7 Å². The molecular formula is C15H21NOS. The Morgan fingerprint density at radius 1 is 1.39 bits per heavy atom. The second-order valence-electron chi connectivity index (χ2n) is 6.14. The summed E-state index contributed by atoms with van der Waals surface area (Å²) in [5, 5.41) is 4.37. The molecule has 0 amide bonds. The predicted octanol–water partition coefficient (Wildman–Crippen LogP) is 4.31. The van der Waals surface area contributed by atoms with E-state index >= 15 is 0 Å². The average Bonchev–Trinajstić information content (AvgIpc) is 2.94. The van der Waals surface area contributed by atoms with Crippen molar-refractivity contribution < 1.29 is 4.84 Å². The van der Waals surface area contributed by atoms with Gasteiger partial charge >= 0.3 is 0 Å². The van der Waals surface area contributed by atoms with Gasteiger partial charge in [0.2, 0.25) is 0 Å². The molecule has 18 heavy (non-hydrogen) atoms. The second-order valence-corrected chi connectivity index (χ2v) is 7.12. The monoisotopic (exact) mass is 263 g/mol. The normalized spacial score (nSPS) is 29.2. The molecule has 0 aromatic carbocycles. The maximum Gasteiger partial charge on any atom is 0.102 e. The molecule has 1 aliphatic heterocycles. The van der Waals surface area contributed by atoms with Crippen LogP contribution in [0.1, 0.15) is 51.0 Å². The van der Waals surface area contributed by atoms with Crippen LogP contribution in [-0.4, -0.2) is 16.7 Å². The minimum absolute atomic E-state index is 0.0346. The first kappa shape index (κ1) is 12.4. The largest absolute Gasteiger partial charge is 0.290 e. The van der Waals surface area contributed by atoms with Crippen LogP contribution in [0.3, 0.4) is 0 Å². The Morgan fingerprint density at radius 2 is 2.22 bits per heavy atom. The van der Waals surface area contributed by atoms with Crippen LogP contribution in [0.4, 0.5) is 0 Å². The van der Waals surface area contributed by atoms with Crippen molar-refractivity contribution in [1.82, 2.24) is 5.06 Å². The Hall–Kier alpha value is -0.640. The number of allylic oxidation sites excluding steroid dienone is 1. The molecule has 3 heteroatoms. The maximum absolute atomic E-state index is 6.24. The Labute approximate surface area is 113 Å². The molecule has 1 saturated heterocycles. The zero-order valence-electron chi connectivity index (χ0n) is 11.3. The van der Waals surface area contributed by atoms with Gasteiger partial charge in [0.15, 0.2) is 0 Å². The summed E-state index contributed by atoms with van der Waals surface area (Å²) >= 11 is 1.83. The number of hydrogen-bond acceptors (Lipinski definition) is 3. The summed E-state index contributed by atoms with van der Waals surface area (Å²) in [5.74, 6) is 0. The molecule has 0 N–H and O–H groups in total. The highest BCUT2D eigenvalue weighted by atomic mass is 32.1. The van der Waals surface area contributed by atoms with Gasteiger partial charge in [-0.05, 0) is 57.1 Å². The number of fused-ring (bicyclic) bond motifs is 1. The Bertz CT molecular complexity index is 444. The van der Waals surface area contributed by atoms with Crippen LogP contribution in [0, 0.1) is 0 Å². The number of nitrogens with zero attached hydrogens (tertiary/aromatic N) is 1. The maximum atomic E-state index is 6.24. The van der Waals surface area contributed by atoms with E-state index in [9.17, 15) is 0 Å². The lowest BCUT2D eigenvalue weighted by molar-refractivity contribution is -0.213. The fourth-order valence-electron chi connectivity index (χ4n) is 2.88. The quantitative estimate of drug-likeness (QED) is 0.700. The van der Waals surface area contributed by atoms with E-state index in [-0.39, 0.29) is 5.54 Å². The van der Waals surface area contributed by atoms with Crippen molar-refractivity contribution >= 4 is 11.3 Å². The molecule has 1 fully saturated rings. The summed E-state index contributed by atoms with van der Waals surface area (Å²) in [6.07, 6.45) is 6.34. The van der Waals surface area contributed by atoms with Crippen LogP contribution in [0.5, 0.6) is 0 Å². The number of thiophene rings is 1. The van der Waals surface area contributed by atoms with Gasteiger partial charge in [-0.1, -0.05) is 12.1 Å². The van der Waals surface area contributed by atoms with E-state index in [0.717, 1.165) is 0 Å². The van der Waals surface area contributed by atoms with Crippen molar-refractivity contribution in [1.29, 1.82) is 0 Å². The summed E-state index contributed by atoms with van der Waals surface area (Å²) in [5.41, 5.74) is 1.52. The van der Waals surface area contributed by atoms with Crippen molar-refractivity contribution in [3.8, 4) is 0 Å². The molecule has 0 radical (unpaired) electrons. The standard InChI is InChI=1S/C15H21NOS/c1-15(2,3)16-14(13-9-6-10-18-13)11-7-4-5-8-12(11)17-16/h6-7,9-10,12,14H,4-5,8H2,1-3H3/t12-,14+/m0/s1. The van der Waals surface area contributed by atoms with Crippen molar-refractivity contribution in [2.75, 3.05) is 0 Å². The molecule has 1 aromatic heterocycles. The van der Waals surface area contributed by atoms with Gasteiger partial charge in [-0.15, -0.1) is 11.3 Å². The summed E-state index contributed by atoms with van der Waals surface area (Å²) in [7, 11) is 0. The summed E-state index contributed by atoms with van der Waals surface area (Å²) in [6, 6.07) is 4.70. The predicted molar refractivity (Wildman–Crippen MR) is 75.5 cm³/mol. The van der Waals surface area contributed by atoms with E-state index in [2.05, 4.69) is 49.4 Å². The van der Waals surface area contributed by atoms with Gasteiger partial charge in [-0.25, -0.2) is 0 Å². The van der Waals surface area contributed by atoms with Gasteiger partial charge in [0, 0.05) is 10.4 Å². The van der Waals surface area contributed by atoms with Gasteiger partial charge in [-0.2, -0.15) is 5.06 Å². The molecule has 1 aromatic rings. The fraction of sp³-hybridized carbons (Fsp3) is 0.600. The Balaban J connectivity index is 2.01. The van der Waals surface area contributed by atoms with Crippen molar-refractivity contribution in [2.45, 2.75) is 57.7 Å². The number of hydrogen-bond donors (Lipinski definition) is 0. The molecule has 3 rings (SSSR count). The Kier molecular flexibility index (Phi) is 3.08. The zero-order chi connectivity index (χ0) is 12.8.